The lowest BCUT2D eigenvalue weighted by Crippen LogP contribution is -2.34. The molecular formula is C13H15ClN2O2. The minimum atomic E-state index is 0.161. The van der Waals surface area contributed by atoms with E-state index in [1.54, 1.807) is 0 Å². The van der Waals surface area contributed by atoms with Crippen molar-refractivity contribution in [2.75, 3.05) is 19.8 Å². The normalized spacial score (nSPS) is 23.9. The number of halogens is 1. The van der Waals surface area contributed by atoms with Gasteiger partial charge >= 0.3 is 0 Å². The lowest BCUT2D eigenvalue weighted by molar-refractivity contribution is 0.186. The van der Waals surface area contributed by atoms with Crippen LogP contribution in [0, 0.1) is 0 Å². The highest BCUT2D eigenvalue weighted by molar-refractivity contribution is 6.34. The quantitative estimate of drug-likeness (QED) is 0.928. The van der Waals surface area contributed by atoms with E-state index >= 15 is 0 Å². The number of nitrogens with one attached hydrogen (secondary N) is 1. The van der Waals surface area contributed by atoms with Gasteiger partial charge in [-0.15, -0.1) is 0 Å². The molecule has 1 aliphatic heterocycles. The molecule has 4 nitrogen and oxygen atoms in total. The molecule has 0 amide bonds. The fourth-order valence-electron chi connectivity index (χ4n) is 2.35. The Balaban J connectivity index is 1.96. The second-order valence-electron chi connectivity index (χ2n) is 4.45. The predicted molar refractivity (Wildman–Crippen MR) is 70.0 cm³/mol. The van der Waals surface area contributed by atoms with Gasteiger partial charge in [0.1, 0.15) is 5.52 Å². The molecule has 1 N–H and O–H groups in total. The van der Waals surface area contributed by atoms with E-state index < -0.39 is 0 Å². The number of oxazole rings is 1. The molecule has 0 spiro atoms. The maximum Gasteiger partial charge on any atom is 0.202 e. The average molecular weight is 267 g/mol. The van der Waals surface area contributed by atoms with Crippen LogP contribution in [0.4, 0.5) is 0 Å². The van der Waals surface area contributed by atoms with Gasteiger partial charge in [0, 0.05) is 6.04 Å². The number of rotatable bonds is 3. The topological polar surface area (TPSA) is 47.3 Å². The molecule has 2 heterocycles. The number of fused-ring (bicyclic) bond motifs is 1. The van der Waals surface area contributed by atoms with E-state index in [1.165, 1.54) is 0 Å². The van der Waals surface area contributed by atoms with Crippen LogP contribution < -0.4 is 5.32 Å². The smallest absolute Gasteiger partial charge is 0.202 e. The number of likely N-dealkylation sites (N-methyl/N-ethyl adjacent to an activating group) is 1. The Morgan fingerprint density at radius 2 is 2.33 bits per heavy atom. The van der Waals surface area contributed by atoms with Crippen molar-refractivity contribution in [1.82, 2.24) is 10.3 Å². The van der Waals surface area contributed by atoms with Crippen molar-refractivity contribution in [1.29, 1.82) is 0 Å². The predicted octanol–water partition coefficient (Wildman–Crippen LogP) is 2.57. The Bertz CT molecular complexity index is 555. The summed E-state index contributed by atoms with van der Waals surface area (Å²) in [5.74, 6) is 0.870. The minimum Gasteiger partial charge on any atom is -0.439 e. The van der Waals surface area contributed by atoms with Crippen molar-refractivity contribution < 1.29 is 9.15 Å². The maximum absolute atomic E-state index is 6.09. The van der Waals surface area contributed by atoms with Crippen molar-refractivity contribution in [3.05, 3.63) is 29.1 Å². The summed E-state index contributed by atoms with van der Waals surface area (Å²) in [6.07, 6.45) is 0. The number of hydrogen-bond donors (Lipinski definition) is 1. The number of benzene rings is 1. The molecule has 0 radical (unpaired) electrons. The van der Waals surface area contributed by atoms with Crippen LogP contribution in [-0.4, -0.2) is 30.8 Å². The summed E-state index contributed by atoms with van der Waals surface area (Å²) in [6, 6.07) is 5.86. The molecular weight excluding hydrogens is 252 g/mol. The second kappa shape index (κ2) is 4.88. The molecule has 0 aliphatic carbocycles. The zero-order valence-corrected chi connectivity index (χ0v) is 10.9. The van der Waals surface area contributed by atoms with Crippen LogP contribution in [0.1, 0.15) is 18.7 Å². The fourth-order valence-corrected chi connectivity index (χ4v) is 2.56. The Labute approximate surface area is 110 Å². The van der Waals surface area contributed by atoms with E-state index in [2.05, 4.69) is 17.2 Å². The highest BCUT2D eigenvalue weighted by Gasteiger charge is 2.33. The van der Waals surface area contributed by atoms with Crippen LogP contribution in [0.15, 0.2) is 22.6 Å². The summed E-state index contributed by atoms with van der Waals surface area (Å²) in [6.45, 7) is 4.33. The van der Waals surface area contributed by atoms with E-state index in [0.717, 1.165) is 12.1 Å². The third-order valence-corrected chi connectivity index (χ3v) is 3.55. The van der Waals surface area contributed by atoms with Gasteiger partial charge in [-0.2, -0.15) is 0 Å². The van der Waals surface area contributed by atoms with Crippen molar-refractivity contribution in [2.24, 2.45) is 0 Å². The largest absolute Gasteiger partial charge is 0.439 e. The highest BCUT2D eigenvalue weighted by atomic mass is 35.5. The molecule has 1 saturated heterocycles. The molecule has 1 aliphatic rings. The number of aromatic nitrogens is 1. The molecule has 1 fully saturated rings. The van der Waals surface area contributed by atoms with E-state index in [-0.39, 0.29) is 12.0 Å². The lowest BCUT2D eigenvalue weighted by Gasteiger charge is -2.14. The van der Waals surface area contributed by atoms with Crippen molar-refractivity contribution in [3.63, 3.8) is 0 Å². The van der Waals surface area contributed by atoms with Crippen LogP contribution in [0.25, 0.3) is 11.1 Å². The van der Waals surface area contributed by atoms with Crippen molar-refractivity contribution in [3.8, 4) is 0 Å². The van der Waals surface area contributed by atoms with Crippen LogP contribution in [-0.2, 0) is 4.74 Å². The van der Waals surface area contributed by atoms with Gasteiger partial charge in [-0.05, 0) is 18.7 Å². The first-order valence-corrected chi connectivity index (χ1v) is 6.53. The molecule has 96 valence electrons. The van der Waals surface area contributed by atoms with E-state index in [0.29, 0.717) is 29.7 Å². The zero-order chi connectivity index (χ0) is 12.5. The van der Waals surface area contributed by atoms with Gasteiger partial charge in [-0.25, -0.2) is 4.98 Å². The average Bonchev–Trinajstić information content (AvgIpc) is 2.95. The van der Waals surface area contributed by atoms with Crippen molar-refractivity contribution >= 4 is 22.7 Å². The van der Waals surface area contributed by atoms with Gasteiger partial charge in [-0.3, -0.25) is 0 Å². The molecule has 0 saturated carbocycles. The molecule has 2 atom stereocenters. The minimum absolute atomic E-state index is 0.161. The monoisotopic (exact) mass is 266 g/mol. The molecule has 2 unspecified atom stereocenters. The van der Waals surface area contributed by atoms with Gasteiger partial charge in [0.15, 0.2) is 5.58 Å². The molecule has 1 aromatic carbocycles. The molecule has 0 bridgehead atoms. The van der Waals surface area contributed by atoms with Gasteiger partial charge in [-0.1, -0.05) is 24.6 Å². The summed E-state index contributed by atoms with van der Waals surface area (Å²) >= 11 is 6.09. The Morgan fingerprint density at radius 3 is 3.11 bits per heavy atom. The van der Waals surface area contributed by atoms with Gasteiger partial charge in [0.2, 0.25) is 5.89 Å². The highest BCUT2D eigenvalue weighted by Crippen LogP contribution is 2.31. The first kappa shape index (κ1) is 12.0. The van der Waals surface area contributed by atoms with Crippen LogP contribution in [0.2, 0.25) is 5.02 Å². The van der Waals surface area contributed by atoms with Crippen LogP contribution in [0.3, 0.4) is 0 Å². The number of para-hydroxylation sites is 1. The SMILES string of the molecule is CCNC1COCC1c1nc2cccc(Cl)c2o1. The summed E-state index contributed by atoms with van der Waals surface area (Å²) in [7, 11) is 0. The number of ether oxygens (including phenoxy) is 1. The van der Waals surface area contributed by atoms with Crippen LogP contribution in [0.5, 0.6) is 0 Å². The van der Waals surface area contributed by atoms with Gasteiger partial charge in [0.25, 0.3) is 0 Å². The first-order valence-electron chi connectivity index (χ1n) is 6.15. The summed E-state index contributed by atoms with van der Waals surface area (Å²) < 4.78 is 11.3. The van der Waals surface area contributed by atoms with E-state index in [4.69, 9.17) is 20.8 Å². The first-order chi connectivity index (χ1) is 8.79. The molecule has 18 heavy (non-hydrogen) atoms. The van der Waals surface area contributed by atoms with Gasteiger partial charge < -0.3 is 14.5 Å². The maximum atomic E-state index is 6.09. The Kier molecular flexibility index (Phi) is 3.24. The third-order valence-electron chi connectivity index (χ3n) is 3.25. The molecule has 3 rings (SSSR count). The number of hydrogen-bond acceptors (Lipinski definition) is 4. The molecule has 1 aromatic heterocycles. The van der Waals surface area contributed by atoms with Crippen LogP contribution >= 0.6 is 11.6 Å². The standard InChI is InChI=1S/C13H15ClN2O2/c1-2-15-11-7-17-6-8(11)13-16-10-5-3-4-9(14)12(10)18-13/h3-5,8,11,15H,2,6-7H2,1H3. The third kappa shape index (κ3) is 2.00. The fraction of sp³-hybridized carbons (Fsp3) is 0.462. The van der Waals surface area contributed by atoms with Crippen molar-refractivity contribution in [2.45, 2.75) is 18.9 Å². The lowest BCUT2D eigenvalue weighted by atomic mass is 10.0. The zero-order valence-electron chi connectivity index (χ0n) is 10.1. The Hall–Kier alpha value is -1.10. The Morgan fingerprint density at radius 1 is 1.44 bits per heavy atom. The van der Waals surface area contributed by atoms with E-state index in [9.17, 15) is 0 Å². The van der Waals surface area contributed by atoms with Gasteiger partial charge in [0.05, 0.1) is 24.2 Å². The summed E-state index contributed by atoms with van der Waals surface area (Å²) in [5, 5.41) is 4.00. The second-order valence-corrected chi connectivity index (χ2v) is 4.86. The summed E-state index contributed by atoms with van der Waals surface area (Å²) in [5.41, 5.74) is 1.47. The van der Waals surface area contributed by atoms with E-state index in [1.807, 2.05) is 18.2 Å². The molecule has 5 heteroatoms. The summed E-state index contributed by atoms with van der Waals surface area (Å²) in [4.78, 5) is 4.52. The number of nitrogens with zero attached hydrogens (tertiary/aromatic N) is 1. The molecule has 2 aromatic rings.